The van der Waals surface area contributed by atoms with E-state index in [4.69, 9.17) is 14.2 Å². The van der Waals surface area contributed by atoms with Crippen molar-refractivity contribution in [3.8, 4) is 11.3 Å². The van der Waals surface area contributed by atoms with Gasteiger partial charge in [0.1, 0.15) is 5.76 Å². The molecule has 1 amide bonds. The summed E-state index contributed by atoms with van der Waals surface area (Å²) < 4.78 is 53.6. The van der Waals surface area contributed by atoms with Crippen molar-refractivity contribution in [3.05, 3.63) is 52.7 Å². The molecule has 0 bridgehead atoms. The maximum atomic E-state index is 12.9. The Bertz CT molecular complexity index is 1610. The minimum atomic E-state index is -4.77. The highest BCUT2D eigenvalue weighted by Crippen LogP contribution is 2.44. The Kier molecular flexibility index (Phi) is 9.86. The number of aryl methyl sites for hydroxylation is 1. The molecule has 1 saturated carbocycles. The van der Waals surface area contributed by atoms with Gasteiger partial charge in [-0.2, -0.15) is 0 Å². The fourth-order valence-corrected chi connectivity index (χ4v) is 5.70. The van der Waals surface area contributed by atoms with Gasteiger partial charge in [-0.1, -0.05) is 36.8 Å². The molecule has 1 aromatic carbocycles. The first-order valence-electron chi connectivity index (χ1n) is 13.4. The molecule has 1 aliphatic rings. The molecule has 42 heavy (non-hydrogen) atoms. The molecule has 0 saturated heterocycles. The van der Waals surface area contributed by atoms with E-state index < -0.39 is 36.5 Å². The number of carbonyl (C=O) groups is 2. The van der Waals surface area contributed by atoms with Gasteiger partial charge in [-0.15, -0.1) is 0 Å². The molecule has 4 N–H and O–H groups in total. The smallest absolute Gasteiger partial charge is 0.438 e. The standard InChI is InChI=1S/C27H34N3O10PS/c1-16-6-8-19(9-7-16)24-23(25(31)28-3)21-13-20(18-10-11-18)22(30-26(21)40-24)14-29-42(36,37)12-4-5-17(2)27(32)38-15-39-41(33,34)35/h6-9,13,17-18,29H,4-5,10-12,14-15H2,1-3H3,(H,28,31)(H2,33,34,35)/t17-/m0/s1. The van der Waals surface area contributed by atoms with Crippen LogP contribution in [0, 0.1) is 12.8 Å². The van der Waals surface area contributed by atoms with Gasteiger partial charge in [0.2, 0.25) is 22.5 Å². The summed E-state index contributed by atoms with van der Waals surface area (Å²) in [7, 11) is -6.97. The second-order valence-corrected chi connectivity index (χ2v) is 13.5. The first-order chi connectivity index (χ1) is 19.8. The molecule has 2 heterocycles. The number of fused-ring (bicyclic) bond motifs is 1. The van der Waals surface area contributed by atoms with E-state index in [1.54, 1.807) is 7.05 Å². The number of hydrogen-bond donors (Lipinski definition) is 4. The van der Waals surface area contributed by atoms with Crippen molar-refractivity contribution in [1.82, 2.24) is 15.0 Å². The molecule has 2 aromatic heterocycles. The zero-order valence-electron chi connectivity index (χ0n) is 23.5. The summed E-state index contributed by atoms with van der Waals surface area (Å²) in [5.41, 5.74) is 3.77. The van der Waals surface area contributed by atoms with Gasteiger partial charge in [0.25, 0.3) is 5.91 Å². The van der Waals surface area contributed by atoms with Crippen LogP contribution in [0.2, 0.25) is 0 Å². The lowest BCUT2D eigenvalue weighted by Gasteiger charge is -2.13. The van der Waals surface area contributed by atoms with Gasteiger partial charge in [-0.3, -0.25) is 9.59 Å². The molecular formula is C27H34N3O10PS. The van der Waals surface area contributed by atoms with Crippen molar-refractivity contribution in [2.24, 2.45) is 5.92 Å². The highest BCUT2D eigenvalue weighted by molar-refractivity contribution is 7.89. The molecule has 1 atom stereocenters. The third-order valence-corrected chi connectivity index (χ3v) is 8.77. The van der Waals surface area contributed by atoms with Crippen molar-refractivity contribution in [2.75, 3.05) is 19.6 Å². The van der Waals surface area contributed by atoms with Crippen molar-refractivity contribution in [1.29, 1.82) is 0 Å². The monoisotopic (exact) mass is 623 g/mol. The third-order valence-electron chi connectivity index (χ3n) is 6.91. The zero-order valence-corrected chi connectivity index (χ0v) is 25.2. The van der Waals surface area contributed by atoms with Gasteiger partial charge < -0.3 is 24.3 Å². The van der Waals surface area contributed by atoms with Crippen LogP contribution < -0.4 is 10.0 Å². The number of aromatic nitrogens is 1. The number of amides is 1. The van der Waals surface area contributed by atoms with Crippen molar-refractivity contribution in [2.45, 2.75) is 52.0 Å². The van der Waals surface area contributed by atoms with Gasteiger partial charge in [0, 0.05) is 12.6 Å². The Balaban J connectivity index is 1.46. The van der Waals surface area contributed by atoms with Crippen LogP contribution in [0.1, 0.15) is 65.7 Å². The fourth-order valence-electron chi connectivity index (χ4n) is 4.47. The van der Waals surface area contributed by atoms with Crippen LogP contribution in [0.3, 0.4) is 0 Å². The van der Waals surface area contributed by atoms with Gasteiger partial charge >= 0.3 is 13.8 Å². The molecule has 0 spiro atoms. The quantitative estimate of drug-likeness (QED) is 0.117. The zero-order chi connectivity index (χ0) is 30.7. The Labute approximate surface area is 243 Å². The second-order valence-electron chi connectivity index (χ2n) is 10.3. The summed E-state index contributed by atoms with van der Waals surface area (Å²) in [6.07, 6.45) is 2.17. The fraction of sp³-hybridized carbons (Fsp3) is 0.444. The van der Waals surface area contributed by atoms with E-state index in [0.29, 0.717) is 22.4 Å². The number of carbonyl (C=O) groups excluding carboxylic acids is 2. The molecule has 15 heteroatoms. The number of ether oxygens (including phenoxy) is 1. The largest absolute Gasteiger partial charge is 0.472 e. The van der Waals surface area contributed by atoms with Crippen LogP contribution >= 0.6 is 7.82 Å². The van der Waals surface area contributed by atoms with E-state index in [1.807, 2.05) is 37.3 Å². The van der Waals surface area contributed by atoms with Gasteiger partial charge in [0.15, 0.2) is 0 Å². The van der Waals surface area contributed by atoms with Crippen LogP contribution in [0.25, 0.3) is 22.4 Å². The lowest BCUT2D eigenvalue weighted by atomic mass is 10.0. The Morgan fingerprint density at radius 2 is 1.90 bits per heavy atom. The van der Waals surface area contributed by atoms with E-state index in [-0.39, 0.29) is 42.7 Å². The Hall–Kier alpha value is -3.13. The number of nitrogens with zero attached hydrogens (tertiary/aromatic N) is 1. The molecule has 0 radical (unpaired) electrons. The highest BCUT2D eigenvalue weighted by atomic mass is 32.2. The molecular weight excluding hydrogens is 589 g/mol. The van der Waals surface area contributed by atoms with E-state index in [9.17, 15) is 22.6 Å². The molecule has 228 valence electrons. The maximum absolute atomic E-state index is 12.9. The molecule has 13 nitrogen and oxygen atoms in total. The number of benzene rings is 1. The van der Waals surface area contributed by atoms with Crippen molar-refractivity contribution >= 4 is 40.8 Å². The SMILES string of the molecule is CNC(=O)c1c(-c2ccc(C)cc2)oc2nc(CNS(=O)(=O)CCC[C@H](C)C(=O)OCOP(=O)(O)O)c(C3CC3)cc12. The molecule has 1 fully saturated rings. The normalized spacial score (nSPS) is 14.6. The second kappa shape index (κ2) is 13.0. The molecule has 4 rings (SSSR count). The van der Waals surface area contributed by atoms with Crippen LogP contribution in [-0.2, 0) is 35.2 Å². The number of phosphoric acid groups is 1. The number of esters is 1. The molecule has 3 aromatic rings. The van der Waals surface area contributed by atoms with Crippen LogP contribution in [0.5, 0.6) is 0 Å². The van der Waals surface area contributed by atoms with E-state index in [2.05, 4.69) is 24.3 Å². The summed E-state index contributed by atoms with van der Waals surface area (Å²) in [5, 5.41) is 3.23. The number of hydrogen-bond acceptors (Lipinski definition) is 9. The van der Waals surface area contributed by atoms with Gasteiger partial charge in [0.05, 0.1) is 34.9 Å². The summed E-state index contributed by atoms with van der Waals surface area (Å²) in [6, 6.07) is 9.45. The van der Waals surface area contributed by atoms with Crippen LogP contribution in [0.15, 0.2) is 34.7 Å². The number of rotatable bonds is 14. The van der Waals surface area contributed by atoms with E-state index >= 15 is 0 Å². The minimum Gasteiger partial charge on any atom is -0.438 e. The third kappa shape index (κ3) is 8.24. The average Bonchev–Trinajstić information content (AvgIpc) is 3.71. The number of phosphoric ester groups is 1. The summed E-state index contributed by atoms with van der Waals surface area (Å²) in [5.74, 6) is -1.45. The lowest BCUT2D eigenvalue weighted by molar-refractivity contribution is -0.155. The molecule has 1 aliphatic carbocycles. The number of nitrogens with one attached hydrogen (secondary N) is 2. The average molecular weight is 624 g/mol. The van der Waals surface area contributed by atoms with E-state index in [1.165, 1.54) is 6.92 Å². The predicted octanol–water partition coefficient (Wildman–Crippen LogP) is 3.49. The first kappa shape index (κ1) is 31.8. The topological polar surface area (TPSA) is 194 Å². The predicted molar refractivity (Wildman–Crippen MR) is 153 cm³/mol. The number of furan rings is 1. The summed E-state index contributed by atoms with van der Waals surface area (Å²) in [4.78, 5) is 46.8. The minimum absolute atomic E-state index is 0.0721. The van der Waals surface area contributed by atoms with Crippen molar-refractivity contribution in [3.63, 3.8) is 0 Å². The Morgan fingerprint density at radius 3 is 2.52 bits per heavy atom. The van der Waals surface area contributed by atoms with Crippen LogP contribution in [-0.4, -0.2) is 54.7 Å². The highest BCUT2D eigenvalue weighted by Gasteiger charge is 2.31. The van der Waals surface area contributed by atoms with E-state index in [0.717, 1.165) is 29.5 Å². The van der Waals surface area contributed by atoms with Gasteiger partial charge in [-0.25, -0.2) is 27.2 Å². The first-order valence-corrected chi connectivity index (χ1v) is 16.6. The summed E-state index contributed by atoms with van der Waals surface area (Å²) >= 11 is 0. The maximum Gasteiger partial charge on any atom is 0.472 e. The summed E-state index contributed by atoms with van der Waals surface area (Å²) in [6.45, 7) is 2.50. The lowest BCUT2D eigenvalue weighted by Crippen LogP contribution is -2.27. The molecule has 0 unspecified atom stereocenters. The molecule has 0 aliphatic heterocycles. The number of pyridine rings is 1. The van der Waals surface area contributed by atoms with Crippen molar-refractivity contribution < 1.29 is 46.0 Å². The number of sulfonamides is 1. The van der Waals surface area contributed by atoms with Gasteiger partial charge in [-0.05, 0) is 50.2 Å². The Morgan fingerprint density at radius 1 is 1.21 bits per heavy atom. The van der Waals surface area contributed by atoms with Crippen LogP contribution in [0.4, 0.5) is 0 Å².